The Bertz CT molecular complexity index is 908. The predicted octanol–water partition coefficient (Wildman–Crippen LogP) is 3.21. The number of carboxylic acid groups (broad SMARTS) is 1. The van der Waals surface area contributed by atoms with Crippen molar-refractivity contribution in [1.82, 2.24) is 0 Å². The molecule has 2 fully saturated rings. The maximum absolute atomic E-state index is 12.0. The van der Waals surface area contributed by atoms with Crippen molar-refractivity contribution in [3.63, 3.8) is 0 Å². The first-order valence-corrected chi connectivity index (χ1v) is 9.80. The van der Waals surface area contributed by atoms with E-state index in [1.54, 1.807) is 0 Å². The van der Waals surface area contributed by atoms with Crippen molar-refractivity contribution in [3.05, 3.63) is 48.0 Å². The summed E-state index contributed by atoms with van der Waals surface area (Å²) in [5.74, 6) is -0.540. The molecule has 0 aromatic heterocycles. The van der Waals surface area contributed by atoms with Gasteiger partial charge in [-0.1, -0.05) is 18.2 Å². The van der Waals surface area contributed by atoms with Crippen molar-refractivity contribution in [2.45, 2.75) is 38.3 Å². The van der Waals surface area contributed by atoms with Crippen LogP contribution < -0.4 is 16.0 Å². The first-order chi connectivity index (χ1) is 13.6. The molecule has 1 saturated carbocycles. The summed E-state index contributed by atoms with van der Waals surface area (Å²) in [6, 6.07) is 13.3. The summed E-state index contributed by atoms with van der Waals surface area (Å²) in [6.07, 6.45) is 3.47. The minimum absolute atomic E-state index is 0.0869. The molecule has 6 nitrogen and oxygen atoms in total. The second-order valence-electron chi connectivity index (χ2n) is 7.58. The summed E-state index contributed by atoms with van der Waals surface area (Å²) in [6.45, 7) is 1.07. The lowest BCUT2D eigenvalue weighted by Gasteiger charge is -2.26. The number of carbonyl (C=O) groups excluding carboxylic acids is 1. The molecule has 0 unspecified atom stereocenters. The molecular formula is C22H25N3O3. The Morgan fingerprint density at radius 3 is 2.61 bits per heavy atom. The molecule has 28 heavy (non-hydrogen) atoms. The SMILES string of the molecule is NCc1cc(-c2cccc(NC(=O)C3CC3)c2)ccc1N1CCC[C@H]1C(=O)O. The van der Waals surface area contributed by atoms with Gasteiger partial charge in [0.05, 0.1) is 0 Å². The summed E-state index contributed by atoms with van der Waals surface area (Å²) >= 11 is 0. The second-order valence-corrected chi connectivity index (χ2v) is 7.58. The van der Waals surface area contributed by atoms with Crippen LogP contribution in [-0.4, -0.2) is 29.6 Å². The van der Waals surface area contributed by atoms with Gasteiger partial charge in [-0.15, -0.1) is 0 Å². The monoisotopic (exact) mass is 379 g/mol. The van der Waals surface area contributed by atoms with Crippen molar-refractivity contribution in [1.29, 1.82) is 0 Å². The Morgan fingerprint density at radius 1 is 1.11 bits per heavy atom. The fourth-order valence-corrected chi connectivity index (χ4v) is 3.89. The van der Waals surface area contributed by atoms with Crippen LogP contribution in [-0.2, 0) is 16.1 Å². The van der Waals surface area contributed by atoms with E-state index in [2.05, 4.69) is 5.32 Å². The maximum Gasteiger partial charge on any atom is 0.326 e. The highest BCUT2D eigenvalue weighted by Gasteiger charge is 2.32. The van der Waals surface area contributed by atoms with Crippen molar-refractivity contribution < 1.29 is 14.7 Å². The molecule has 1 aliphatic heterocycles. The molecular weight excluding hydrogens is 354 g/mol. The first kappa shape index (κ1) is 18.5. The standard InChI is InChI=1S/C22H25N3O3/c23-13-17-11-16(8-9-19(17)25-10-2-5-20(25)22(27)28)15-3-1-4-18(12-15)24-21(26)14-6-7-14/h1,3-4,8-9,11-12,14,20H,2,5-7,10,13,23H2,(H,24,26)(H,27,28)/t20-/m0/s1. The van der Waals surface area contributed by atoms with Crippen molar-refractivity contribution in [2.24, 2.45) is 11.7 Å². The van der Waals surface area contributed by atoms with E-state index in [0.29, 0.717) is 13.0 Å². The van der Waals surface area contributed by atoms with Crippen LogP contribution in [0, 0.1) is 5.92 Å². The van der Waals surface area contributed by atoms with E-state index in [0.717, 1.165) is 53.9 Å². The molecule has 2 aromatic rings. The number of carbonyl (C=O) groups is 2. The largest absolute Gasteiger partial charge is 0.480 e. The topological polar surface area (TPSA) is 95.7 Å². The Morgan fingerprint density at radius 2 is 1.89 bits per heavy atom. The highest BCUT2D eigenvalue weighted by Crippen LogP contribution is 2.34. The molecule has 0 bridgehead atoms. The number of nitrogens with one attached hydrogen (secondary N) is 1. The lowest BCUT2D eigenvalue weighted by molar-refractivity contribution is -0.138. The molecule has 1 aliphatic carbocycles. The zero-order valence-electron chi connectivity index (χ0n) is 15.7. The number of nitrogens with zero attached hydrogens (tertiary/aromatic N) is 1. The number of hydrogen-bond acceptors (Lipinski definition) is 4. The molecule has 0 spiro atoms. The normalized spacial score (nSPS) is 18.9. The van der Waals surface area contributed by atoms with Gasteiger partial charge >= 0.3 is 5.97 Å². The Kier molecular flexibility index (Phi) is 5.05. The second kappa shape index (κ2) is 7.64. The zero-order valence-corrected chi connectivity index (χ0v) is 15.7. The van der Waals surface area contributed by atoms with Gasteiger partial charge in [0.2, 0.25) is 5.91 Å². The van der Waals surface area contributed by atoms with Crippen LogP contribution in [0.1, 0.15) is 31.2 Å². The first-order valence-electron chi connectivity index (χ1n) is 9.80. The molecule has 4 N–H and O–H groups in total. The average molecular weight is 379 g/mol. The summed E-state index contributed by atoms with van der Waals surface area (Å²) in [7, 11) is 0. The average Bonchev–Trinajstić information content (AvgIpc) is 3.44. The van der Waals surface area contributed by atoms with Gasteiger partial charge in [-0.05, 0) is 66.6 Å². The molecule has 146 valence electrons. The fourth-order valence-electron chi connectivity index (χ4n) is 3.89. The quantitative estimate of drug-likeness (QED) is 0.716. The van der Waals surface area contributed by atoms with Crippen molar-refractivity contribution >= 4 is 23.3 Å². The molecule has 4 rings (SSSR count). The number of benzene rings is 2. The molecule has 1 amide bonds. The zero-order chi connectivity index (χ0) is 19.7. The molecule has 6 heteroatoms. The Labute approximate surface area is 164 Å². The van der Waals surface area contributed by atoms with E-state index in [1.165, 1.54) is 0 Å². The highest BCUT2D eigenvalue weighted by molar-refractivity contribution is 5.94. The number of hydrogen-bond donors (Lipinski definition) is 3. The van der Waals surface area contributed by atoms with Gasteiger partial charge in [0.1, 0.15) is 6.04 Å². The van der Waals surface area contributed by atoms with Crippen LogP contribution in [0.15, 0.2) is 42.5 Å². The van der Waals surface area contributed by atoms with Crippen molar-refractivity contribution in [2.75, 3.05) is 16.8 Å². The lowest BCUT2D eigenvalue weighted by Crippen LogP contribution is -2.36. The number of nitrogens with two attached hydrogens (primary N) is 1. The highest BCUT2D eigenvalue weighted by atomic mass is 16.4. The number of carboxylic acids is 1. The third-order valence-corrected chi connectivity index (χ3v) is 5.56. The molecule has 1 heterocycles. The molecule has 1 atom stereocenters. The van der Waals surface area contributed by atoms with Gasteiger partial charge < -0.3 is 21.1 Å². The predicted molar refractivity (Wildman–Crippen MR) is 109 cm³/mol. The number of aliphatic carboxylic acids is 1. The number of amides is 1. The summed E-state index contributed by atoms with van der Waals surface area (Å²) in [5, 5.41) is 12.5. The van der Waals surface area contributed by atoms with Crippen LogP contribution in [0.5, 0.6) is 0 Å². The molecule has 2 aliphatic rings. The minimum atomic E-state index is -0.788. The van der Waals surface area contributed by atoms with Crippen LogP contribution in [0.4, 0.5) is 11.4 Å². The molecule has 1 saturated heterocycles. The summed E-state index contributed by atoms with van der Waals surface area (Å²) in [5.41, 5.74) is 10.6. The summed E-state index contributed by atoms with van der Waals surface area (Å²) < 4.78 is 0. The van der Waals surface area contributed by atoms with E-state index in [9.17, 15) is 14.7 Å². The van der Waals surface area contributed by atoms with E-state index < -0.39 is 12.0 Å². The van der Waals surface area contributed by atoms with Gasteiger partial charge in [-0.25, -0.2) is 4.79 Å². The van der Waals surface area contributed by atoms with Gasteiger partial charge in [-0.2, -0.15) is 0 Å². The van der Waals surface area contributed by atoms with Gasteiger partial charge in [0.15, 0.2) is 0 Å². The Balaban J connectivity index is 1.60. The van der Waals surface area contributed by atoms with Crippen LogP contribution in [0.25, 0.3) is 11.1 Å². The Hall–Kier alpha value is -2.86. The van der Waals surface area contributed by atoms with E-state index in [4.69, 9.17) is 5.73 Å². The molecule has 2 aromatic carbocycles. The maximum atomic E-state index is 12.0. The number of anilines is 2. The number of rotatable bonds is 6. The minimum Gasteiger partial charge on any atom is -0.480 e. The van der Waals surface area contributed by atoms with Crippen LogP contribution >= 0.6 is 0 Å². The third kappa shape index (κ3) is 3.73. The van der Waals surface area contributed by atoms with Crippen molar-refractivity contribution in [3.8, 4) is 11.1 Å². The van der Waals surface area contributed by atoms with Crippen LogP contribution in [0.2, 0.25) is 0 Å². The lowest BCUT2D eigenvalue weighted by atomic mass is 10.0. The third-order valence-electron chi connectivity index (χ3n) is 5.56. The molecule has 0 radical (unpaired) electrons. The fraction of sp³-hybridized carbons (Fsp3) is 0.364. The van der Waals surface area contributed by atoms with Gasteiger partial charge in [-0.3, -0.25) is 4.79 Å². The van der Waals surface area contributed by atoms with E-state index in [-0.39, 0.29) is 11.8 Å². The van der Waals surface area contributed by atoms with E-state index in [1.807, 2.05) is 47.4 Å². The van der Waals surface area contributed by atoms with Gasteiger partial charge in [0.25, 0.3) is 0 Å². The van der Waals surface area contributed by atoms with Crippen LogP contribution in [0.3, 0.4) is 0 Å². The smallest absolute Gasteiger partial charge is 0.326 e. The summed E-state index contributed by atoms with van der Waals surface area (Å²) in [4.78, 5) is 25.5. The van der Waals surface area contributed by atoms with Gasteiger partial charge in [0, 0.05) is 30.4 Å². The van der Waals surface area contributed by atoms with E-state index >= 15 is 0 Å².